The Balaban J connectivity index is 1.86. The molecule has 0 unspecified atom stereocenters. The predicted octanol–water partition coefficient (Wildman–Crippen LogP) is 3.07. The summed E-state index contributed by atoms with van der Waals surface area (Å²) >= 11 is 0. The van der Waals surface area contributed by atoms with Crippen LogP contribution in [-0.2, 0) is 19.1 Å². The summed E-state index contributed by atoms with van der Waals surface area (Å²) < 4.78 is 5.19. The van der Waals surface area contributed by atoms with Crippen LogP contribution in [0.5, 0.6) is 0 Å². The Morgan fingerprint density at radius 2 is 2.00 bits per heavy atom. The van der Waals surface area contributed by atoms with Gasteiger partial charge in [0.25, 0.3) is 5.91 Å². The molecule has 1 aromatic carbocycles. The predicted molar refractivity (Wildman–Crippen MR) is 104 cm³/mol. The normalized spacial score (nSPS) is 15.9. The average Bonchev–Trinajstić information content (AvgIpc) is 2.68. The van der Waals surface area contributed by atoms with Crippen molar-refractivity contribution in [1.29, 1.82) is 0 Å². The fourth-order valence-electron chi connectivity index (χ4n) is 2.99. The summed E-state index contributed by atoms with van der Waals surface area (Å²) in [5.41, 5.74) is 1.68. The summed E-state index contributed by atoms with van der Waals surface area (Å²) in [5, 5.41) is 2.82. The average molecular weight is 372 g/mol. The van der Waals surface area contributed by atoms with E-state index >= 15 is 0 Å². The number of amides is 2. The van der Waals surface area contributed by atoms with Crippen LogP contribution >= 0.6 is 0 Å². The van der Waals surface area contributed by atoms with Crippen molar-refractivity contribution in [2.24, 2.45) is 5.92 Å². The van der Waals surface area contributed by atoms with E-state index in [9.17, 15) is 14.4 Å². The SMILES string of the molecule is CCCN(CC(=O)Nc1ccccc1C)C(=O)COC(=O)[C@@H]1CC=CCC1. The molecule has 2 amide bonds. The van der Waals surface area contributed by atoms with Crippen molar-refractivity contribution >= 4 is 23.5 Å². The van der Waals surface area contributed by atoms with Crippen LogP contribution in [0.3, 0.4) is 0 Å². The molecule has 0 saturated carbocycles. The quantitative estimate of drug-likeness (QED) is 0.562. The minimum absolute atomic E-state index is 0.0648. The highest BCUT2D eigenvalue weighted by Crippen LogP contribution is 2.19. The van der Waals surface area contributed by atoms with Crippen molar-refractivity contribution in [3.63, 3.8) is 0 Å². The molecule has 27 heavy (non-hydrogen) atoms. The molecule has 0 spiro atoms. The molecule has 6 nitrogen and oxygen atoms in total. The van der Waals surface area contributed by atoms with Crippen LogP contribution in [0.15, 0.2) is 36.4 Å². The number of aryl methyl sites for hydroxylation is 1. The zero-order chi connectivity index (χ0) is 19.6. The number of para-hydroxylation sites is 1. The van der Waals surface area contributed by atoms with E-state index in [0.717, 1.165) is 24.1 Å². The standard InChI is InChI=1S/C21H28N2O4/c1-3-13-23(14-19(24)22-18-12-8-7-9-16(18)2)20(25)15-27-21(26)17-10-5-4-6-11-17/h4-5,7-9,12,17H,3,6,10-11,13-15H2,1-2H3,(H,22,24)/t17-/m1/s1. The third kappa shape index (κ3) is 6.55. The lowest BCUT2D eigenvalue weighted by atomic mass is 9.95. The molecule has 1 aliphatic rings. The molecule has 146 valence electrons. The summed E-state index contributed by atoms with van der Waals surface area (Å²) in [6.45, 7) is 3.88. The van der Waals surface area contributed by atoms with Gasteiger partial charge in [0.05, 0.1) is 12.5 Å². The fourth-order valence-corrected chi connectivity index (χ4v) is 2.99. The molecule has 0 aromatic heterocycles. The highest BCUT2D eigenvalue weighted by molar-refractivity contribution is 5.95. The maximum atomic E-state index is 12.4. The van der Waals surface area contributed by atoms with Gasteiger partial charge in [-0.2, -0.15) is 0 Å². The maximum absolute atomic E-state index is 12.4. The van der Waals surface area contributed by atoms with Crippen LogP contribution in [-0.4, -0.2) is 42.4 Å². The van der Waals surface area contributed by atoms with Gasteiger partial charge < -0.3 is 15.0 Å². The van der Waals surface area contributed by atoms with Crippen molar-refractivity contribution in [1.82, 2.24) is 4.90 Å². The first-order valence-electron chi connectivity index (χ1n) is 9.46. The second kappa shape index (κ2) is 10.5. The fraction of sp³-hybridized carbons (Fsp3) is 0.476. The molecule has 0 fully saturated rings. The number of carbonyl (C=O) groups excluding carboxylic acids is 3. The van der Waals surface area contributed by atoms with Gasteiger partial charge in [0.1, 0.15) is 0 Å². The molecule has 0 saturated heterocycles. The Morgan fingerprint density at radius 1 is 1.22 bits per heavy atom. The number of carbonyl (C=O) groups is 3. The smallest absolute Gasteiger partial charge is 0.309 e. The molecule has 0 radical (unpaired) electrons. The number of nitrogens with one attached hydrogen (secondary N) is 1. The van der Waals surface area contributed by atoms with Gasteiger partial charge in [0.15, 0.2) is 6.61 Å². The van der Waals surface area contributed by atoms with Crippen molar-refractivity contribution in [3.8, 4) is 0 Å². The third-order valence-corrected chi connectivity index (χ3v) is 4.54. The van der Waals surface area contributed by atoms with Gasteiger partial charge in [-0.15, -0.1) is 0 Å². The molecule has 1 atom stereocenters. The van der Waals surface area contributed by atoms with Gasteiger partial charge in [-0.1, -0.05) is 37.3 Å². The molecule has 1 aromatic rings. The van der Waals surface area contributed by atoms with E-state index in [-0.39, 0.29) is 36.9 Å². The van der Waals surface area contributed by atoms with E-state index in [2.05, 4.69) is 5.32 Å². The molecule has 1 aliphatic carbocycles. The first-order chi connectivity index (χ1) is 13.0. The Morgan fingerprint density at radius 3 is 2.67 bits per heavy atom. The monoisotopic (exact) mass is 372 g/mol. The summed E-state index contributed by atoms with van der Waals surface area (Å²) in [4.78, 5) is 38.3. The Kier molecular flexibility index (Phi) is 8.04. The van der Waals surface area contributed by atoms with Gasteiger partial charge >= 0.3 is 5.97 Å². The van der Waals surface area contributed by atoms with E-state index in [0.29, 0.717) is 19.4 Å². The highest BCUT2D eigenvalue weighted by atomic mass is 16.5. The summed E-state index contributed by atoms with van der Waals surface area (Å²) in [6, 6.07) is 7.47. The zero-order valence-corrected chi connectivity index (χ0v) is 16.1. The Hall–Kier alpha value is -2.63. The third-order valence-electron chi connectivity index (χ3n) is 4.54. The lowest BCUT2D eigenvalue weighted by Gasteiger charge is -2.22. The molecule has 0 bridgehead atoms. The van der Waals surface area contributed by atoms with Crippen molar-refractivity contribution in [3.05, 3.63) is 42.0 Å². The molecular weight excluding hydrogens is 344 g/mol. The minimum atomic E-state index is -0.350. The Labute approximate surface area is 160 Å². The lowest BCUT2D eigenvalue weighted by molar-refractivity contribution is -0.156. The van der Waals surface area contributed by atoms with Gasteiger partial charge in [-0.3, -0.25) is 14.4 Å². The molecule has 0 heterocycles. The lowest BCUT2D eigenvalue weighted by Crippen LogP contribution is -2.41. The largest absolute Gasteiger partial charge is 0.455 e. The molecule has 0 aliphatic heterocycles. The molecular formula is C21H28N2O4. The van der Waals surface area contributed by atoms with Crippen molar-refractivity contribution in [2.75, 3.05) is 25.0 Å². The van der Waals surface area contributed by atoms with E-state index in [1.807, 2.05) is 50.3 Å². The topological polar surface area (TPSA) is 75.7 Å². The van der Waals surface area contributed by atoms with Crippen LogP contribution in [0.2, 0.25) is 0 Å². The molecule has 6 heteroatoms. The summed E-state index contributed by atoms with van der Waals surface area (Å²) in [7, 11) is 0. The number of nitrogens with zero attached hydrogens (tertiary/aromatic N) is 1. The first-order valence-corrected chi connectivity index (χ1v) is 9.46. The van der Waals surface area contributed by atoms with Gasteiger partial charge in [-0.25, -0.2) is 0 Å². The van der Waals surface area contributed by atoms with Gasteiger partial charge in [0.2, 0.25) is 5.91 Å². The first kappa shape index (κ1) is 20.7. The van der Waals surface area contributed by atoms with Gasteiger partial charge in [-0.05, 0) is 44.2 Å². The zero-order valence-electron chi connectivity index (χ0n) is 16.1. The van der Waals surface area contributed by atoms with E-state index in [4.69, 9.17) is 4.74 Å². The minimum Gasteiger partial charge on any atom is -0.455 e. The van der Waals surface area contributed by atoms with Crippen LogP contribution in [0.25, 0.3) is 0 Å². The second-order valence-electron chi connectivity index (χ2n) is 6.77. The van der Waals surface area contributed by atoms with Crippen LogP contribution < -0.4 is 5.32 Å². The van der Waals surface area contributed by atoms with E-state index in [1.54, 1.807) is 0 Å². The molecule has 2 rings (SSSR count). The van der Waals surface area contributed by atoms with Crippen molar-refractivity contribution in [2.45, 2.75) is 39.5 Å². The van der Waals surface area contributed by atoms with Crippen LogP contribution in [0.4, 0.5) is 5.69 Å². The van der Waals surface area contributed by atoms with Gasteiger partial charge in [0, 0.05) is 12.2 Å². The number of ether oxygens (including phenoxy) is 1. The van der Waals surface area contributed by atoms with Crippen LogP contribution in [0.1, 0.15) is 38.2 Å². The summed E-state index contributed by atoms with van der Waals surface area (Å²) in [6.07, 6.45) is 6.99. The van der Waals surface area contributed by atoms with Crippen LogP contribution in [0, 0.1) is 12.8 Å². The maximum Gasteiger partial charge on any atom is 0.309 e. The highest BCUT2D eigenvalue weighted by Gasteiger charge is 2.23. The number of anilines is 1. The number of hydrogen-bond acceptors (Lipinski definition) is 4. The molecule has 1 N–H and O–H groups in total. The summed E-state index contributed by atoms with van der Waals surface area (Å²) in [5.74, 6) is -1.13. The number of esters is 1. The number of benzene rings is 1. The van der Waals surface area contributed by atoms with Crippen molar-refractivity contribution < 1.29 is 19.1 Å². The van der Waals surface area contributed by atoms with E-state index in [1.165, 1.54) is 4.90 Å². The second-order valence-corrected chi connectivity index (χ2v) is 6.77. The number of rotatable bonds is 8. The van der Waals surface area contributed by atoms with E-state index < -0.39 is 0 Å². The number of allylic oxidation sites excluding steroid dienone is 2. The Bertz CT molecular complexity index is 699. The number of hydrogen-bond donors (Lipinski definition) is 1.